The second-order valence-corrected chi connectivity index (χ2v) is 6.53. The molecule has 20 heavy (non-hydrogen) atoms. The van der Waals surface area contributed by atoms with Crippen LogP contribution in [-0.4, -0.2) is 17.4 Å². The van der Waals surface area contributed by atoms with Crippen LogP contribution in [0.4, 0.5) is 0 Å². The number of benzene rings is 1. The summed E-state index contributed by atoms with van der Waals surface area (Å²) in [5, 5.41) is 0. The first-order chi connectivity index (χ1) is 9.67. The van der Waals surface area contributed by atoms with Gasteiger partial charge in [0.1, 0.15) is 0 Å². The molecule has 0 saturated carbocycles. The Kier molecular flexibility index (Phi) is 5.64. The molecule has 1 unspecified atom stereocenters. The van der Waals surface area contributed by atoms with Gasteiger partial charge in [-0.15, -0.1) is 0 Å². The van der Waals surface area contributed by atoms with Gasteiger partial charge in [0.05, 0.1) is 6.04 Å². The Labute approximate surface area is 130 Å². The Hall–Kier alpha value is -0.830. The van der Waals surface area contributed by atoms with Gasteiger partial charge >= 0.3 is 0 Å². The normalized spacial score (nSPS) is 19.4. The van der Waals surface area contributed by atoms with Crippen molar-refractivity contribution in [2.24, 2.45) is 5.92 Å². The predicted octanol–water partition coefficient (Wildman–Crippen LogP) is 4.94. The van der Waals surface area contributed by atoms with Crippen molar-refractivity contribution in [1.29, 1.82) is 0 Å². The van der Waals surface area contributed by atoms with Crippen LogP contribution in [0.25, 0.3) is 0 Å². The fourth-order valence-corrected chi connectivity index (χ4v) is 3.55. The lowest BCUT2D eigenvalue weighted by molar-refractivity contribution is -0.139. The van der Waals surface area contributed by atoms with E-state index >= 15 is 0 Å². The van der Waals surface area contributed by atoms with Crippen LogP contribution in [0.15, 0.2) is 28.7 Å². The van der Waals surface area contributed by atoms with E-state index in [1.807, 2.05) is 6.07 Å². The molecule has 1 saturated heterocycles. The third-order valence-electron chi connectivity index (χ3n) is 4.35. The zero-order valence-corrected chi connectivity index (χ0v) is 14.0. The fourth-order valence-electron chi connectivity index (χ4n) is 3.13. The average Bonchev–Trinajstić information content (AvgIpc) is 2.48. The molecule has 0 aliphatic carbocycles. The molecule has 0 spiro atoms. The van der Waals surface area contributed by atoms with Gasteiger partial charge in [0.25, 0.3) is 0 Å². The molecular weight excluding hydrogens is 314 g/mol. The zero-order chi connectivity index (χ0) is 14.5. The number of piperidine rings is 1. The Morgan fingerprint density at radius 2 is 2.10 bits per heavy atom. The molecule has 1 heterocycles. The summed E-state index contributed by atoms with van der Waals surface area (Å²) in [6.07, 6.45) is 5.32. The van der Waals surface area contributed by atoms with Crippen LogP contribution in [0.2, 0.25) is 0 Å². The predicted molar refractivity (Wildman–Crippen MR) is 86.5 cm³/mol. The smallest absolute Gasteiger partial charge is 0.226 e. The lowest BCUT2D eigenvalue weighted by atomic mass is 9.92. The third-order valence-corrected chi connectivity index (χ3v) is 4.85. The molecule has 1 atom stereocenters. The van der Waals surface area contributed by atoms with E-state index in [2.05, 4.69) is 52.9 Å². The van der Waals surface area contributed by atoms with Crippen molar-refractivity contribution in [1.82, 2.24) is 4.90 Å². The van der Waals surface area contributed by atoms with Crippen LogP contribution in [0, 0.1) is 5.92 Å². The van der Waals surface area contributed by atoms with Gasteiger partial charge in [0.2, 0.25) is 5.91 Å². The maximum absolute atomic E-state index is 12.7. The van der Waals surface area contributed by atoms with E-state index in [4.69, 9.17) is 0 Å². The van der Waals surface area contributed by atoms with Gasteiger partial charge in [-0.2, -0.15) is 0 Å². The number of halogens is 1. The molecule has 1 aliphatic heterocycles. The largest absolute Gasteiger partial charge is 0.335 e. The van der Waals surface area contributed by atoms with Crippen molar-refractivity contribution in [3.63, 3.8) is 0 Å². The quantitative estimate of drug-likeness (QED) is 0.761. The SMILES string of the molecule is CCC(CC)C(=O)N1CCCCC1c1cccc(Br)c1. The molecule has 0 aromatic heterocycles. The van der Waals surface area contributed by atoms with Crippen LogP contribution < -0.4 is 0 Å². The molecule has 1 aromatic carbocycles. The van der Waals surface area contributed by atoms with Crippen LogP contribution in [0.5, 0.6) is 0 Å². The van der Waals surface area contributed by atoms with Crippen molar-refractivity contribution in [3.05, 3.63) is 34.3 Å². The summed E-state index contributed by atoms with van der Waals surface area (Å²) in [7, 11) is 0. The summed E-state index contributed by atoms with van der Waals surface area (Å²) < 4.78 is 1.09. The van der Waals surface area contributed by atoms with E-state index < -0.39 is 0 Å². The Morgan fingerprint density at radius 1 is 1.35 bits per heavy atom. The second-order valence-electron chi connectivity index (χ2n) is 5.61. The highest BCUT2D eigenvalue weighted by atomic mass is 79.9. The number of likely N-dealkylation sites (tertiary alicyclic amines) is 1. The lowest BCUT2D eigenvalue weighted by Crippen LogP contribution is -2.41. The lowest BCUT2D eigenvalue weighted by Gasteiger charge is -2.38. The molecular formula is C17H24BrNO. The molecule has 1 aromatic rings. The molecule has 1 aliphatic rings. The van der Waals surface area contributed by atoms with E-state index in [0.29, 0.717) is 5.91 Å². The number of hydrogen-bond donors (Lipinski definition) is 0. The molecule has 2 nitrogen and oxygen atoms in total. The van der Waals surface area contributed by atoms with Crippen LogP contribution in [0.1, 0.15) is 57.6 Å². The van der Waals surface area contributed by atoms with Gasteiger partial charge in [0.15, 0.2) is 0 Å². The Balaban J connectivity index is 2.23. The Bertz CT molecular complexity index is 456. The van der Waals surface area contributed by atoms with Crippen molar-refractivity contribution in [2.75, 3.05) is 6.54 Å². The van der Waals surface area contributed by atoms with E-state index in [1.165, 1.54) is 12.0 Å². The van der Waals surface area contributed by atoms with Crippen molar-refractivity contribution in [3.8, 4) is 0 Å². The molecule has 0 radical (unpaired) electrons. The van der Waals surface area contributed by atoms with Crippen LogP contribution in [0.3, 0.4) is 0 Å². The second kappa shape index (κ2) is 7.26. The van der Waals surface area contributed by atoms with E-state index in [-0.39, 0.29) is 12.0 Å². The van der Waals surface area contributed by atoms with Gasteiger partial charge in [-0.05, 0) is 49.8 Å². The first-order valence-electron chi connectivity index (χ1n) is 7.73. The number of carbonyl (C=O) groups excluding carboxylic acids is 1. The molecule has 1 fully saturated rings. The van der Waals surface area contributed by atoms with Gasteiger partial charge < -0.3 is 4.90 Å². The van der Waals surface area contributed by atoms with Crippen LogP contribution in [-0.2, 0) is 4.79 Å². The van der Waals surface area contributed by atoms with Gasteiger partial charge in [-0.1, -0.05) is 41.9 Å². The number of nitrogens with zero attached hydrogens (tertiary/aromatic N) is 1. The minimum absolute atomic E-state index is 0.183. The van der Waals surface area contributed by atoms with E-state index in [0.717, 1.165) is 36.7 Å². The number of amides is 1. The number of carbonyl (C=O) groups is 1. The maximum Gasteiger partial charge on any atom is 0.226 e. The van der Waals surface area contributed by atoms with Crippen molar-refractivity contribution in [2.45, 2.75) is 52.0 Å². The summed E-state index contributed by atoms with van der Waals surface area (Å²) >= 11 is 3.54. The minimum atomic E-state index is 0.183. The summed E-state index contributed by atoms with van der Waals surface area (Å²) in [6.45, 7) is 5.14. The standard InChI is InChI=1S/C17H24BrNO/c1-3-13(4-2)17(20)19-11-6-5-10-16(19)14-8-7-9-15(18)12-14/h7-9,12-13,16H,3-6,10-11H2,1-2H3. The number of rotatable bonds is 4. The monoisotopic (exact) mass is 337 g/mol. The van der Waals surface area contributed by atoms with E-state index in [1.54, 1.807) is 0 Å². The summed E-state index contributed by atoms with van der Waals surface area (Å²) in [6, 6.07) is 8.67. The van der Waals surface area contributed by atoms with Crippen LogP contribution >= 0.6 is 15.9 Å². The summed E-state index contributed by atoms with van der Waals surface area (Å²) in [5.41, 5.74) is 1.26. The minimum Gasteiger partial charge on any atom is -0.335 e. The van der Waals surface area contributed by atoms with Gasteiger partial charge in [-0.25, -0.2) is 0 Å². The first kappa shape index (κ1) is 15.6. The topological polar surface area (TPSA) is 20.3 Å². The van der Waals surface area contributed by atoms with Crippen molar-refractivity contribution >= 4 is 21.8 Å². The highest BCUT2D eigenvalue weighted by Crippen LogP contribution is 2.33. The third kappa shape index (κ3) is 3.43. The Morgan fingerprint density at radius 3 is 2.75 bits per heavy atom. The zero-order valence-electron chi connectivity index (χ0n) is 12.4. The van der Waals surface area contributed by atoms with Gasteiger partial charge in [0, 0.05) is 16.9 Å². The molecule has 2 rings (SSSR count). The molecule has 3 heteroatoms. The maximum atomic E-state index is 12.7. The van der Waals surface area contributed by atoms with E-state index in [9.17, 15) is 4.79 Å². The van der Waals surface area contributed by atoms with Gasteiger partial charge in [-0.3, -0.25) is 4.79 Å². The van der Waals surface area contributed by atoms with Crippen molar-refractivity contribution < 1.29 is 4.79 Å². The average molecular weight is 338 g/mol. The number of hydrogen-bond acceptors (Lipinski definition) is 1. The summed E-state index contributed by atoms with van der Waals surface area (Å²) in [5.74, 6) is 0.530. The fraction of sp³-hybridized carbons (Fsp3) is 0.588. The molecule has 0 bridgehead atoms. The highest BCUT2D eigenvalue weighted by molar-refractivity contribution is 9.10. The summed E-state index contributed by atoms with van der Waals surface area (Å²) in [4.78, 5) is 14.9. The molecule has 1 amide bonds. The highest BCUT2D eigenvalue weighted by Gasteiger charge is 2.30. The first-order valence-corrected chi connectivity index (χ1v) is 8.52. The molecule has 0 N–H and O–H groups in total. The molecule has 110 valence electrons.